The zero-order valence-corrected chi connectivity index (χ0v) is 9.76. The molecule has 0 aliphatic carbocycles. The van der Waals surface area contributed by atoms with Gasteiger partial charge in [-0.2, -0.15) is 0 Å². The fourth-order valence-corrected chi connectivity index (χ4v) is 0. The van der Waals surface area contributed by atoms with Gasteiger partial charge in [0.15, 0.2) is 0 Å². The molecule has 4 unspecified atom stereocenters. The Bertz CT molecular complexity index is 16.0. The lowest BCUT2D eigenvalue weighted by molar-refractivity contribution is 1.57. The van der Waals surface area contributed by atoms with E-state index in [1.54, 1.807) is 0 Å². The molecule has 0 aliphatic rings. The van der Waals surface area contributed by atoms with Crippen molar-refractivity contribution in [2.45, 2.75) is 0 Å². The Kier molecular flexibility index (Phi) is 24.6. The normalized spacial score (nSPS) is 7.50. The Balaban J connectivity index is 0. The minimum absolute atomic E-state index is 1.20. The van der Waals surface area contributed by atoms with Gasteiger partial charge in [0.25, 0.3) is 0 Å². The molecule has 0 bridgehead atoms. The van der Waals surface area contributed by atoms with E-state index in [0.29, 0.717) is 0 Å². The van der Waals surface area contributed by atoms with E-state index in [2.05, 4.69) is 37.0 Å². The van der Waals surface area contributed by atoms with Crippen LogP contribution in [0, 0.1) is 0 Å². The molecule has 0 heterocycles. The molecule has 0 aromatic heterocycles. The van der Waals surface area contributed by atoms with E-state index in [9.17, 15) is 0 Å². The summed E-state index contributed by atoms with van der Waals surface area (Å²) in [6.07, 6.45) is 4.80. The largest absolute Gasteiger partial charge is 0.137 e. The van der Waals surface area contributed by atoms with Gasteiger partial charge in [0.2, 0.25) is 0 Å². The van der Waals surface area contributed by atoms with Crippen molar-refractivity contribution in [3.8, 4) is 0 Å². The topological polar surface area (TPSA) is 0 Å². The molecule has 0 saturated heterocycles. The Hall–Kier alpha value is 1.72. The van der Waals surface area contributed by atoms with Crippen molar-refractivity contribution in [2.24, 2.45) is 0 Å². The Morgan fingerprint density at radius 1 is 0.500 bits per heavy atom. The maximum Gasteiger partial charge on any atom is -0.0346 e. The van der Waals surface area contributed by atoms with Gasteiger partial charge in [0.1, 0.15) is 0 Å². The summed E-state index contributed by atoms with van der Waals surface area (Å²) in [5.41, 5.74) is 0. The first-order chi connectivity index (χ1) is 3.83. The smallest absolute Gasteiger partial charge is 0.0346 e. The van der Waals surface area contributed by atoms with Crippen LogP contribution in [0.15, 0.2) is 0 Å². The number of hydrogen-bond donors (Lipinski definition) is 0. The van der Waals surface area contributed by atoms with E-state index >= 15 is 0 Å². The predicted octanol–water partition coefficient (Wildman–Crippen LogP) is 1.47. The van der Waals surface area contributed by atoms with Crippen LogP contribution in [-0.4, -0.2) is 24.6 Å². The second-order valence-corrected chi connectivity index (χ2v) is 3.46. The first-order valence-corrected chi connectivity index (χ1v) is 5.90. The minimum Gasteiger partial charge on any atom is -0.137 e. The second-order valence-electron chi connectivity index (χ2n) is 1.15. The fraction of sp³-hybridized carbons (Fsp3) is 1.00. The van der Waals surface area contributed by atoms with Gasteiger partial charge in [-0.1, -0.05) is 0 Å². The van der Waals surface area contributed by atoms with Crippen LogP contribution in [-0.2, 0) is 0 Å². The highest BCUT2D eigenvalue weighted by atomic mass is 31.0. The molecule has 0 radical (unpaired) electrons. The molecular formula is C4H16P4. The quantitative estimate of drug-likeness (QED) is 0.575. The molecule has 4 atom stereocenters. The Morgan fingerprint density at radius 2 is 0.625 bits per heavy atom. The van der Waals surface area contributed by atoms with E-state index in [-0.39, 0.29) is 0 Å². The molecule has 0 amide bonds. The summed E-state index contributed by atoms with van der Waals surface area (Å²) >= 11 is 0. The lowest BCUT2D eigenvalue weighted by Crippen LogP contribution is -1.61. The van der Waals surface area contributed by atoms with E-state index in [1.165, 1.54) is 24.6 Å². The first kappa shape index (κ1) is 12.4. The van der Waals surface area contributed by atoms with Crippen LogP contribution in [0.4, 0.5) is 0 Å². The highest BCUT2D eigenvalue weighted by Gasteiger charge is 1.56. The van der Waals surface area contributed by atoms with Gasteiger partial charge in [-0.15, -0.1) is 37.0 Å². The second kappa shape index (κ2) is 15.9. The summed E-state index contributed by atoms with van der Waals surface area (Å²) in [4.78, 5) is 0. The lowest BCUT2D eigenvalue weighted by atomic mass is 11.0. The maximum absolute atomic E-state index is 2.63. The molecule has 0 rings (SSSR count). The van der Waals surface area contributed by atoms with Gasteiger partial charge in [-0.05, 0) is 24.6 Å². The van der Waals surface area contributed by atoms with Gasteiger partial charge >= 0.3 is 0 Å². The lowest BCUT2D eigenvalue weighted by Gasteiger charge is -1.68. The molecular weight excluding hydrogens is 172 g/mol. The van der Waals surface area contributed by atoms with Crippen LogP contribution >= 0.6 is 37.0 Å². The molecule has 0 spiro atoms. The van der Waals surface area contributed by atoms with E-state index in [4.69, 9.17) is 0 Å². The van der Waals surface area contributed by atoms with Crippen molar-refractivity contribution >= 4 is 37.0 Å². The van der Waals surface area contributed by atoms with Crippen LogP contribution in [0.3, 0.4) is 0 Å². The third-order valence-electron chi connectivity index (χ3n) is 0.333. The summed E-state index contributed by atoms with van der Waals surface area (Å²) < 4.78 is 0. The monoisotopic (exact) mass is 188 g/mol. The number of rotatable bonds is 2. The van der Waals surface area contributed by atoms with Crippen molar-refractivity contribution in [1.29, 1.82) is 0 Å². The van der Waals surface area contributed by atoms with Crippen molar-refractivity contribution < 1.29 is 0 Å². The molecule has 0 fully saturated rings. The van der Waals surface area contributed by atoms with E-state index in [0.717, 1.165) is 0 Å². The van der Waals surface area contributed by atoms with Gasteiger partial charge in [-0.25, -0.2) is 0 Å². The van der Waals surface area contributed by atoms with Crippen molar-refractivity contribution in [2.75, 3.05) is 24.6 Å². The van der Waals surface area contributed by atoms with Gasteiger partial charge in [-0.3, -0.25) is 0 Å². The molecule has 0 aliphatic heterocycles. The predicted molar refractivity (Wildman–Crippen MR) is 58.3 cm³/mol. The van der Waals surface area contributed by atoms with Gasteiger partial charge in [0, 0.05) is 0 Å². The molecule has 0 aromatic carbocycles. The van der Waals surface area contributed by atoms with Gasteiger partial charge < -0.3 is 0 Å². The van der Waals surface area contributed by atoms with Crippen molar-refractivity contribution in [3.05, 3.63) is 0 Å². The molecule has 0 N–H and O–H groups in total. The molecule has 0 saturated carbocycles. The van der Waals surface area contributed by atoms with Gasteiger partial charge in [0.05, 0.1) is 0 Å². The molecule has 52 valence electrons. The Labute approximate surface area is 62.2 Å². The summed E-state index contributed by atoms with van der Waals surface area (Å²) in [6.45, 7) is 0. The standard InChI is InChI=1S/2C2H8P2/c2*3-1-2-4/h2*1-4H2. The summed E-state index contributed by atoms with van der Waals surface area (Å²) in [5.74, 6) is 0. The first-order valence-electron chi connectivity index (χ1n) is 2.63. The maximum atomic E-state index is 2.63. The highest BCUT2D eigenvalue weighted by Crippen LogP contribution is 1.83. The van der Waals surface area contributed by atoms with Crippen LogP contribution < -0.4 is 0 Å². The zero-order chi connectivity index (χ0) is 6.83. The number of hydrogen-bond acceptors (Lipinski definition) is 0. The van der Waals surface area contributed by atoms with Crippen LogP contribution in [0.2, 0.25) is 0 Å². The highest BCUT2D eigenvalue weighted by molar-refractivity contribution is 7.21. The Morgan fingerprint density at radius 3 is 0.625 bits per heavy atom. The van der Waals surface area contributed by atoms with Crippen molar-refractivity contribution in [3.63, 3.8) is 0 Å². The summed E-state index contributed by atoms with van der Waals surface area (Å²) in [5, 5.41) is 0. The zero-order valence-electron chi connectivity index (χ0n) is 5.14. The third-order valence-corrected chi connectivity index (χ3v) is 3.00. The minimum atomic E-state index is 1.20. The average molecular weight is 188 g/mol. The van der Waals surface area contributed by atoms with E-state index in [1.807, 2.05) is 0 Å². The fourth-order valence-electron chi connectivity index (χ4n) is 0. The molecule has 4 heteroatoms. The molecule has 8 heavy (non-hydrogen) atoms. The van der Waals surface area contributed by atoms with E-state index < -0.39 is 0 Å². The molecule has 0 aromatic rings. The average Bonchev–Trinajstić information content (AvgIpc) is 1.88. The molecule has 0 nitrogen and oxygen atoms in total. The SMILES string of the molecule is PCCP.PCCP. The summed E-state index contributed by atoms with van der Waals surface area (Å²) in [7, 11) is 10.5. The van der Waals surface area contributed by atoms with Crippen LogP contribution in [0.1, 0.15) is 0 Å². The third kappa shape index (κ3) is 25.2. The van der Waals surface area contributed by atoms with Crippen molar-refractivity contribution in [1.82, 2.24) is 0 Å². The van der Waals surface area contributed by atoms with Crippen LogP contribution in [0.25, 0.3) is 0 Å². The van der Waals surface area contributed by atoms with Crippen LogP contribution in [0.5, 0.6) is 0 Å². The summed E-state index contributed by atoms with van der Waals surface area (Å²) in [6, 6.07) is 0.